The highest BCUT2D eigenvalue weighted by atomic mass is 16.5. The average Bonchev–Trinajstić information content (AvgIpc) is 2.42. The lowest BCUT2D eigenvalue weighted by Crippen LogP contribution is -2.37. The number of nitrogens with one attached hydrogen (secondary N) is 1. The molecule has 0 bridgehead atoms. The number of benzene rings is 1. The van der Waals surface area contributed by atoms with Crippen LogP contribution >= 0.6 is 0 Å². The largest absolute Gasteiger partial charge is 0.493 e. The Morgan fingerprint density at radius 3 is 2.11 bits per heavy atom. The van der Waals surface area contributed by atoms with E-state index in [0.29, 0.717) is 23.8 Å². The van der Waals surface area contributed by atoms with Gasteiger partial charge in [-0.15, -0.1) is 0 Å². The van der Waals surface area contributed by atoms with Crippen LogP contribution in [0.15, 0.2) is 12.1 Å². The van der Waals surface area contributed by atoms with Crippen molar-refractivity contribution in [2.75, 3.05) is 21.3 Å². The minimum atomic E-state index is -0.540. The SMILES string of the molecule is COc1cc(CNC(=O)[C@H](C)N)cc(OC)c1OC. The van der Waals surface area contributed by atoms with Crippen LogP contribution in [0.1, 0.15) is 12.5 Å². The van der Waals surface area contributed by atoms with Crippen LogP contribution in [-0.4, -0.2) is 33.3 Å². The molecule has 6 heteroatoms. The molecule has 0 aliphatic rings. The molecule has 0 aromatic heterocycles. The lowest BCUT2D eigenvalue weighted by molar-refractivity contribution is -0.122. The van der Waals surface area contributed by atoms with E-state index in [4.69, 9.17) is 19.9 Å². The molecule has 3 N–H and O–H groups in total. The van der Waals surface area contributed by atoms with Crippen LogP contribution in [0, 0.1) is 0 Å². The zero-order chi connectivity index (χ0) is 14.4. The normalized spacial score (nSPS) is 11.6. The number of amides is 1. The van der Waals surface area contributed by atoms with Crippen molar-refractivity contribution >= 4 is 5.91 Å². The number of carbonyl (C=O) groups is 1. The third-order valence-electron chi connectivity index (χ3n) is 2.60. The van der Waals surface area contributed by atoms with Gasteiger partial charge >= 0.3 is 0 Å². The summed E-state index contributed by atoms with van der Waals surface area (Å²) in [5.74, 6) is 1.40. The molecule has 1 aromatic rings. The van der Waals surface area contributed by atoms with E-state index >= 15 is 0 Å². The number of methoxy groups -OCH3 is 3. The molecule has 19 heavy (non-hydrogen) atoms. The predicted octanol–water partition coefficient (Wildman–Crippen LogP) is 0.676. The van der Waals surface area contributed by atoms with Crippen molar-refractivity contribution in [3.05, 3.63) is 17.7 Å². The molecule has 0 heterocycles. The molecule has 0 radical (unpaired) electrons. The Morgan fingerprint density at radius 2 is 1.74 bits per heavy atom. The molecular weight excluding hydrogens is 248 g/mol. The number of ether oxygens (including phenoxy) is 3. The number of hydrogen-bond acceptors (Lipinski definition) is 5. The quantitative estimate of drug-likeness (QED) is 0.792. The fraction of sp³-hybridized carbons (Fsp3) is 0.462. The van der Waals surface area contributed by atoms with Crippen LogP contribution in [-0.2, 0) is 11.3 Å². The van der Waals surface area contributed by atoms with Gasteiger partial charge in [0.25, 0.3) is 0 Å². The highest BCUT2D eigenvalue weighted by Gasteiger charge is 2.14. The van der Waals surface area contributed by atoms with Gasteiger partial charge in [0.05, 0.1) is 27.4 Å². The molecule has 1 aromatic carbocycles. The van der Waals surface area contributed by atoms with Crippen molar-refractivity contribution in [3.8, 4) is 17.2 Å². The Balaban J connectivity index is 2.93. The Hall–Kier alpha value is -1.95. The van der Waals surface area contributed by atoms with Crippen LogP contribution in [0.4, 0.5) is 0 Å². The van der Waals surface area contributed by atoms with Crippen molar-refractivity contribution in [1.29, 1.82) is 0 Å². The molecule has 1 rings (SSSR count). The second-order valence-corrected chi connectivity index (χ2v) is 4.04. The van der Waals surface area contributed by atoms with E-state index < -0.39 is 6.04 Å². The number of hydrogen-bond donors (Lipinski definition) is 2. The molecule has 1 atom stereocenters. The number of carbonyl (C=O) groups excluding carboxylic acids is 1. The number of nitrogens with two attached hydrogens (primary N) is 1. The summed E-state index contributed by atoms with van der Waals surface area (Å²) >= 11 is 0. The topological polar surface area (TPSA) is 82.8 Å². The van der Waals surface area contributed by atoms with Gasteiger partial charge in [-0.3, -0.25) is 4.79 Å². The van der Waals surface area contributed by atoms with Gasteiger partial charge in [-0.05, 0) is 24.6 Å². The van der Waals surface area contributed by atoms with Crippen molar-refractivity contribution in [1.82, 2.24) is 5.32 Å². The first-order chi connectivity index (χ1) is 9.03. The van der Waals surface area contributed by atoms with Gasteiger partial charge in [-0.1, -0.05) is 0 Å². The molecule has 0 spiro atoms. The Kier molecular flexibility index (Phi) is 5.44. The highest BCUT2D eigenvalue weighted by molar-refractivity contribution is 5.80. The zero-order valence-corrected chi connectivity index (χ0v) is 11.6. The maximum atomic E-state index is 11.4. The molecule has 0 aliphatic heterocycles. The van der Waals surface area contributed by atoms with Crippen LogP contribution < -0.4 is 25.3 Å². The van der Waals surface area contributed by atoms with Gasteiger partial charge in [0.2, 0.25) is 11.7 Å². The van der Waals surface area contributed by atoms with E-state index in [9.17, 15) is 4.79 Å². The number of rotatable bonds is 6. The smallest absolute Gasteiger partial charge is 0.236 e. The van der Waals surface area contributed by atoms with E-state index in [2.05, 4.69) is 5.32 Å². The third kappa shape index (κ3) is 3.75. The van der Waals surface area contributed by atoms with Gasteiger partial charge in [-0.25, -0.2) is 0 Å². The molecule has 0 aliphatic carbocycles. The summed E-state index contributed by atoms with van der Waals surface area (Å²) in [5.41, 5.74) is 6.31. The summed E-state index contributed by atoms with van der Waals surface area (Å²) in [6, 6.07) is 3.02. The van der Waals surface area contributed by atoms with Gasteiger partial charge in [-0.2, -0.15) is 0 Å². The first-order valence-corrected chi connectivity index (χ1v) is 5.85. The monoisotopic (exact) mass is 268 g/mol. The van der Waals surface area contributed by atoms with Crippen LogP contribution in [0.5, 0.6) is 17.2 Å². The van der Waals surface area contributed by atoms with Gasteiger partial charge in [0, 0.05) is 6.54 Å². The Morgan fingerprint density at radius 1 is 1.21 bits per heavy atom. The minimum absolute atomic E-state index is 0.214. The highest BCUT2D eigenvalue weighted by Crippen LogP contribution is 2.38. The third-order valence-corrected chi connectivity index (χ3v) is 2.60. The summed E-state index contributed by atoms with van der Waals surface area (Å²) in [5, 5.41) is 2.72. The van der Waals surface area contributed by atoms with E-state index in [1.165, 1.54) is 7.11 Å². The lowest BCUT2D eigenvalue weighted by atomic mass is 10.1. The molecule has 0 saturated heterocycles. The maximum Gasteiger partial charge on any atom is 0.236 e. The maximum absolute atomic E-state index is 11.4. The fourth-order valence-corrected chi connectivity index (χ4v) is 1.59. The molecule has 1 amide bonds. The van der Waals surface area contributed by atoms with E-state index in [-0.39, 0.29) is 5.91 Å². The summed E-state index contributed by atoms with van der Waals surface area (Å²) in [4.78, 5) is 11.4. The second-order valence-electron chi connectivity index (χ2n) is 4.04. The standard InChI is InChI=1S/C13H20N2O4/c1-8(14)13(16)15-7-9-5-10(17-2)12(19-4)11(6-9)18-3/h5-6,8H,7,14H2,1-4H3,(H,15,16)/t8-/m0/s1. The van der Waals surface area contributed by atoms with E-state index in [1.807, 2.05) is 0 Å². The molecule has 0 fully saturated rings. The molecular formula is C13H20N2O4. The Bertz CT molecular complexity index is 421. The van der Waals surface area contributed by atoms with E-state index in [0.717, 1.165) is 5.56 Å². The lowest BCUT2D eigenvalue weighted by Gasteiger charge is -2.14. The van der Waals surface area contributed by atoms with Crippen LogP contribution in [0.25, 0.3) is 0 Å². The van der Waals surface area contributed by atoms with Crippen LogP contribution in [0.3, 0.4) is 0 Å². The molecule has 0 saturated carbocycles. The molecule has 6 nitrogen and oxygen atoms in total. The molecule has 0 unspecified atom stereocenters. The minimum Gasteiger partial charge on any atom is -0.493 e. The van der Waals surface area contributed by atoms with Crippen molar-refractivity contribution < 1.29 is 19.0 Å². The van der Waals surface area contributed by atoms with Crippen LogP contribution in [0.2, 0.25) is 0 Å². The van der Waals surface area contributed by atoms with E-state index in [1.54, 1.807) is 33.3 Å². The summed E-state index contributed by atoms with van der Waals surface area (Å²) < 4.78 is 15.7. The first kappa shape index (κ1) is 15.1. The second kappa shape index (κ2) is 6.84. The van der Waals surface area contributed by atoms with Crippen molar-refractivity contribution in [2.45, 2.75) is 19.5 Å². The average molecular weight is 268 g/mol. The first-order valence-electron chi connectivity index (χ1n) is 5.85. The summed E-state index contributed by atoms with van der Waals surface area (Å²) in [6.45, 7) is 1.97. The van der Waals surface area contributed by atoms with Gasteiger partial charge < -0.3 is 25.3 Å². The fourth-order valence-electron chi connectivity index (χ4n) is 1.59. The zero-order valence-electron chi connectivity index (χ0n) is 11.6. The summed E-state index contributed by atoms with van der Waals surface area (Å²) in [6.07, 6.45) is 0. The van der Waals surface area contributed by atoms with Crippen molar-refractivity contribution in [2.24, 2.45) is 5.73 Å². The predicted molar refractivity (Wildman–Crippen MR) is 71.6 cm³/mol. The summed E-state index contributed by atoms with van der Waals surface area (Å²) in [7, 11) is 4.63. The Labute approximate surface area is 112 Å². The van der Waals surface area contributed by atoms with Gasteiger partial charge in [0.15, 0.2) is 11.5 Å². The van der Waals surface area contributed by atoms with Gasteiger partial charge in [0.1, 0.15) is 0 Å². The molecule has 106 valence electrons. The van der Waals surface area contributed by atoms with Crippen molar-refractivity contribution in [3.63, 3.8) is 0 Å².